The van der Waals surface area contributed by atoms with Gasteiger partial charge in [-0.15, -0.1) is 0 Å². The lowest BCUT2D eigenvalue weighted by Gasteiger charge is -2.18. The molecule has 0 fully saturated rings. The van der Waals surface area contributed by atoms with Gasteiger partial charge in [-0.3, -0.25) is 14.4 Å². The van der Waals surface area contributed by atoms with Crippen LogP contribution in [0.1, 0.15) is 316 Å². The summed E-state index contributed by atoms with van der Waals surface area (Å²) >= 11 is 0. The van der Waals surface area contributed by atoms with Crippen LogP contribution in [0.15, 0.2) is 24.3 Å². The van der Waals surface area contributed by atoms with Crippen molar-refractivity contribution in [2.24, 2.45) is 0 Å². The van der Waals surface area contributed by atoms with Gasteiger partial charge in [-0.05, 0) is 64.2 Å². The van der Waals surface area contributed by atoms with E-state index in [1.54, 1.807) is 0 Å². The molecule has 0 aromatic heterocycles. The molecular formula is C59H110O6. The van der Waals surface area contributed by atoms with Crippen LogP contribution >= 0.6 is 0 Å². The van der Waals surface area contributed by atoms with Gasteiger partial charge < -0.3 is 14.2 Å². The summed E-state index contributed by atoms with van der Waals surface area (Å²) in [5.74, 6) is -0.862. The Labute approximate surface area is 404 Å². The minimum Gasteiger partial charge on any atom is -0.462 e. The highest BCUT2D eigenvalue weighted by Gasteiger charge is 2.19. The standard InChI is InChI=1S/C59H110O6/c1-4-7-10-13-16-19-22-24-26-27-28-29-30-31-33-34-37-40-43-46-49-52-58(61)64-55-56(54-63-57(60)51-48-45-42-39-36-21-18-15-12-9-6-3)65-59(62)53-50-47-44-41-38-35-32-25-23-20-17-14-11-8-5-2/h15,18,24,26,56H,4-14,16-17,19-23,25,27-55H2,1-3H3/b18-15-,26-24-/t56-/m0/s1. The molecular weight excluding hydrogens is 805 g/mol. The van der Waals surface area contributed by atoms with E-state index in [0.29, 0.717) is 19.3 Å². The Bertz CT molecular complexity index is 1050. The zero-order valence-electron chi connectivity index (χ0n) is 43.8. The zero-order chi connectivity index (χ0) is 47.2. The van der Waals surface area contributed by atoms with Crippen LogP contribution in [0.3, 0.4) is 0 Å². The van der Waals surface area contributed by atoms with E-state index in [4.69, 9.17) is 14.2 Å². The predicted octanol–water partition coefficient (Wildman–Crippen LogP) is 19.1. The van der Waals surface area contributed by atoms with Crippen LogP contribution in [0.25, 0.3) is 0 Å². The molecule has 6 nitrogen and oxygen atoms in total. The Morgan fingerprint density at radius 3 is 0.815 bits per heavy atom. The molecule has 0 radical (unpaired) electrons. The quantitative estimate of drug-likeness (QED) is 0.0262. The van der Waals surface area contributed by atoms with Crippen molar-refractivity contribution < 1.29 is 28.6 Å². The Morgan fingerprint density at radius 1 is 0.292 bits per heavy atom. The molecule has 65 heavy (non-hydrogen) atoms. The third kappa shape index (κ3) is 52.7. The number of ether oxygens (including phenoxy) is 3. The Hall–Kier alpha value is -2.11. The topological polar surface area (TPSA) is 78.9 Å². The van der Waals surface area contributed by atoms with Crippen LogP contribution in [0, 0.1) is 0 Å². The maximum absolute atomic E-state index is 12.8. The Kier molecular flexibility index (Phi) is 52.7. The number of esters is 3. The Morgan fingerprint density at radius 2 is 0.523 bits per heavy atom. The summed E-state index contributed by atoms with van der Waals surface area (Å²) in [4.78, 5) is 38.1. The summed E-state index contributed by atoms with van der Waals surface area (Å²) in [6, 6.07) is 0. The average molecular weight is 916 g/mol. The molecule has 0 aromatic carbocycles. The van der Waals surface area contributed by atoms with Crippen molar-refractivity contribution in [3.05, 3.63) is 24.3 Å². The number of allylic oxidation sites excluding steroid dienone is 4. The molecule has 0 spiro atoms. The molecule has 0 aliphatic heterocycles. The van der Waals surface area contributed by atoms with E-state index in [-0.39, 0.29) is 31.1 Å². The predicted molar refractivity (Wildman–Crippen MR) is 279 cm³/mol. The summed E-state index contributed by atoms with van der Waals surface area (Å²) in [5.41, 5.74) is 0. The van der Waals surface area contributed by atoms with E-state index < -0.39 is 6.10 Å². The third-order valence-corrected chi connectivity index (χ3v) is 12.9. The zero-order valence-corrected chi connectivity index (χ0v) is 43.8. The number of carbonyl (C=O) groups excluding carboxylic acids is 3. The third-order valence-electron chi connectivity index (χ3n) is 12.9. The van der Waals surface area contributed by atoms with Gasteiger partial charge in [0.15, 0.2) is 6.10 Å². The van der Waals surface area contributed by atoms with E-state index in [1.165, 1.54) is 212 Å². The van der Waals surface area contributed by atoms with Gasteiger partial charge in [0.2, 0.25) is 0 Å². The monoisotopic (exact) mass is 915 g/mol. The van der Waals surface area contributed by atoms with Gasteiger partial charge in [-0.2, -0.15) is 0 Å². The molecule has 382 valence electrons. The highest BCUT2D eigenvalue weighted by molar-refractivity contribution is 5.71. The van der Waals surface area contributed by atoms with Crippen molar-refractivity contribution in [3.8, 4) is 0 Å². The maximum atomic E-state index is 12.8. The van der Waals surface area contributed by atoms with E-state index in [9.17, 15) is 14.4 Å². The van der Waals surface area contributed by atoms with Crippen molar-refractivity contribution in [2.45, 2.75) is 322 Å². The van der Waals surface area contributed by atoms with Crippen molar-refractivity contribution in [3.63, 3.8) is 0 Å². The van der Waals surface area contributed by atoms with Gasteiger partial charge in [-0.25, -0.2) is 0 Å². The number of hydrogen-bond donors (Lipinski definition) is 0. The second kappa shape index (κ2) is 54.5. The van der Waals surface area contributed by atoms with Crippen LogP contribution in [-0.4, -0.2) is 37.2 Å². The lowest BCUT2D eigenvalue weighted by atomic mass is 10.0. The second-order valence-electron chi connectivity index (χ2n) is 19.6. The first-order chi connectivity index (χ1) is 32.0. The highest BCUT2D eigenvalue weighted by Crippen LogP contribution is 2.17. The SMILES string of the molecule is CCCC/C=C\CCCCCCCC(=O)OC[C@@H](COC(=O)CCCCCCCCCCCCC/C=C\CCCCCCCC)OC(=O)CCCCCCCCCCCCCCCCC. The summed E-state index contributed by atoms with van der Waals surface area (Å²) < 4.78 is 16.8. The molecule has 0 bridgehead atoms. The van der Waals surface area contributed by atoms with Crippen molar-refractivity contribution >= 4 is 17.9 Å². The maximum Gasteiger partial charge on any atom is 0.306 e. The Balaban J connectivity index is 4.25. The highest BCUT2D eigenvalue weighted by atomic mass is 16.6. The van der Waals surface area contributed by atoms with E-state index >= 15 is 0 Å². The molecule has 0 amide bonds. The second-order valence-corrected chi connectivity index (χ2v) is 19.6. The fraction of sp³-hybridized carbons (Fsp3) is 0.881. The minimum atomic E-state index is -0.770. The van der Waals surface area contributed by atoms with Gasteiger partial charge in [0.25, 0.3) is 0 Å². The first kappa shape index (κ1) is 62.9. The van der Waals surface area contributed by atoms with Gasteiger partial charge in [0.1, 0.15) is 13.2 Å². The minimum absolute atomic E-state index is 0.0699. The van der Waals surface area contributed by atoms with E-state index in [1.807, 2.05) is 0 Å². The fourth-order valence-corrected chi connectivity index (χ4v) is 8.54. The fourth-order valence-electron chi connectivity index (χ4n) is 8.54. The molecule has 0 N–H and O–H groups in total. The molecule has 0 aromatic rings. The van der Waals surface area contributed by atoms with Gasteiger partial charge in [-0.1, -0.05) is 257 Å². The van der Waals surface area contributed by atoms with E-state index in [2.05, 4.69) is 45.1 Å². The number of unbranched alkanes of at least 4 members (excludes halogenated alkanes) is 38. The molecule has 0 rings (SSSR count). The lowest BCUT2D eigenvalue weighted by Crippen LogP contribution is -2.30. The van der Waals surface area contributed by atoms with E-state index in [0.717, 1.165) is 64.2 Å². The average Bonchev–Trinajstić information content (AvgIpc) is 3.30. The lowest BCUT2D eigenvalue weighted by molar-refractivity contribution is -0.167. The smallest absolute Gasteiger partial charge is 0.306 e. The van der Waals surface area contributed by atoms with Crippen LogP contribution in [0.5, 0.6) is 0 Å². The first-order valence-corrected chi connectivity index (χ1v) is 28.8. The summed E-state index contributed by atoms with van der Waals surface area (Å²) in [6.07, 6.45) is 63.1. The largest absolute Gasteiger partial charge is 0.462 e. The van der Waals surface area contributed by atoms with Crippen LogP contribution in [0.2, 0.25) is 0 Å². The molecule has 0 saturated heterocycles. The van der Waals surface area contributed by atoms with Crippen molar-refractivity contribution in [1.29, 1.82) is 0 Å². The molecule has 0 heterocycles. The summed E-state index contributed by atoms with van der Waals surface area (Å²) in [6.45, 7) is 6.63. The molecule has 0 unspecified atom stereocenters. The van der Waals surface area contributed by atoms with Crippen LogP contribution in [0.4, 0.5) is 0 Å². The van der Waals surface area contributed by atoms with Gasteiger partial charge >= 0.3 is 17.9 Å². The van der Waals surface area contributed by atoms with Crippen LogP contribution < -0.4 is 0 Å². The van der Waals surface area contributed by atoms with Gasteiger partial charge in [0, 0.05) is 19.3 Å². The normalized spacial score (nSPS) is 12.1. The molecule has 6 heteroatoms. The number of rotatable bonds is 53. The molecule has 0 aliphatic carbocycles. The van der Waals surface area contributed by atoms with Gasteiger partial charge in [0.05, 0.1) is 0 Å². The molecule has 0 saturated carbocycles. The summed E-state index contributed by atoms with van der Waals surface area (Å²) in [7, 11) is 0. The summed E-state index contributed by atoms with van der Waals surface area (Å²) in [5, 5.41) is 0. The first-order valence-electron chi connectivity index (χ1n) is 28.8. The van der Waals surface area contributed by atoms with Crippen LogP contribution in [-0.2, 0) is 28.6 Å². The van der Waals surface area contributed by atoms with Crippen molar-refractivity contribution in [2.75, 3.05) is 13.2 Å². The molecule has 0 aliphatic rings. The molecule has 1 atom stereocenters. The van der Waals surface area contributed by atoms with Crippen molar-refractivity contribution in [1.82, 2.24) is 0 Å². The number of carbonyl (C=O) groups is 3. The number of hydrogen-bond acceptors (Lipinski definition) is 6.